The number of aromatic nitrogens is 3. The number of nitrogens with zero attached hydrogens (tertiary/aromatic N) is 4. The average Bonchev–Trinajstić information content (AvgIpc) is 3.18. The summed E-state index contributed by atoms with van der Waals surface area (Å²) in [6.45, 7) is 3.17. The fourth-order valence-electron chi connectivity index (χ4n) is 3.56. The number of hydrogen-bond acceptors (Lipinski definition) is 5. The largest absolute Gasteiger partial charge is 0.340 e. The number of benzene rings is 2. The van der Waals surface area contributed by atoms with Crippen molar-refractivity contribution in [1.82, 2.24) is 24.8 Å². The SMILES string of the molecule is CN(C)CCCNCCc1ccc(Nc2cc(-c3ccccc3)nc3c(Br)cnn23)cc1. The molecule has 2 aromatic heterocycles. The van der Waals surface area contributed by atoms with Gasteiger partial charge in [-0.15, -0.1) is 0 Å². The van der Waals surface area contributed by atoms with Crippen molar-refractivity contribution in [3.63, 3.8) is 0 Å². The lowest BCUT2D eigenvalue weighted by Crippen LogP contribution is -2.23. The van der Waals surface area contributed by atoms with Gasteiger partial charge in [-0.05, 0) is 80.2 Å². The number of nitrogens with one attached hydrogen (secondary N) is 2. The lowest BCUT2D eigenvalue weighted by Gasteiger charge is -2.12. The molecule has 0 spiro atoms. The zero-order valence-corrected chi connectivity index (χ0v) is 20.1. The molecular weight excluding hydrogens is 464 g/mol. The summed E-state index contributed by atoms with van der Waals surface area (Å²) in [4.78, 5) is 7.01. The van der Waals surface area contributed by atoms with Crippen LogP contribution in [0.4, 0.5) is 11.5 Å². The van der Waals surface area contributed by atoms with Crippen LogP contribution in [0, 0.1) is 0 Å². The summed E-state index contributed by atoms with van der Waals surface area (Å²) in [7, 11) is 4.22. The van der Waals surface area contributed by atoms with Crippen molar-refractivity contribution in [3.05, 3.63) is 76.9 Å². The predicted molar refractivity (Wildman–Crippen MR) is 136 cm³/mol. The van der Waals surface area contributed by atoms with Crippen molar-refractivity contribution in [1.29, 1.82) is 0 Å². The zero-order chi connectivity index (χ0) is 22.3. The second-order valence-corrected chi connectivity index (χ2v) is 8.95. The Labute approximate surface area is 197 Å². The quantitative estimate of drug-likeness (QED) is 0.305. The molecule has 0 saturated carbocycles. The third kappa shape index (κ3) is 5.73. The molecule has 2 N–H and O–H groups in total. The molecule has 6 nitrogen and oxygen atoms in total. The van der Waals surface area contributed by atoms with Gasteiger partial charge in [0.15, 0.2) is 5.65 Å². The molecule has 0 radical (unpaired) electrons. The Bertz CT molecular complexity index is 1140. The van der Waals surface area contributed by atoms with Crippen LogP contribution in [-0.2, 0) is 6.42 Å². The van der Waals surface area contributed by atoms with Gasteiger partial charge in [-0.1, -0.05) is 42.5 Å². The van der Waals surface area contributed by atoms with Crippen molar-refractivity contribution < 1.29 is 0 Å². The van der Waals surface area contributed by atoms with Crippen LogP contribution in [0.25, 0.3) is 16.9 Å². The predicted octanol–water partition coefficient (Wildman–Crippen LogP) is 4.99. The highest BCUT2D eigenvalue weighted by atomic mass is 79.9. The van der Waals surface area contributed by atoms with Gasteiger partial charge in [0.05, 0.1) is 16.4 Å². The second kappa shape index (κ2) is 10.7. The molecule has 2 aromatic carbocycles. The van der Waals surface area contributed by atoms with Gasteiger partial charge in [-0.3, -0.25) is 0 Å². The first-order chi connectivity index (χ1) is 15.6. The first-order valence-electron chi connectivity index (χ1n) is 10.9. The Morgan fingerprint density at radius 2 is 1.78 bits per heavy atom. The Morgan fingerprint density at radius 1 is 1.00 bits per heavy atom. The minimum Gasteiger partial charge on any atom is -0.340 e. The van der Waals surface area contributed by atoms with E-state index in [-0.39, 0.29) is 0 Å². The summed E-state index contributed by atoms with van der Waals surface area (Å²) < 4.78 is 2.69. The summed E-state index contributed by atoms with van der Waals surface area (Å²) in [5.74, 6) is 0.870. The van der Waals surface area contributed by atoms with Crippen molar-refractivity contribution in [2.45, 2.75) is 12.8 Å². The number of halogens is 1. The van der Waals surface area contributed by atoms with E-state index < -0.39 is 0 Å². The van der Waals surface area contributed by atoms with Crippen molar-refractivity contribution in [2.24, 2.45) is 0 Å². The molecule has 0 amide bonds. The third-order valence-corrected chi connectivity index (χ3v) is 5.83. The van der Waals surface area contributed by atoms with Gasteiger partial charge in [0.25, 0.3) is 0 Å². The van der Waals surface area contributed by atoms with E-state index in [1.165, 1.54) is 12.0 Å². The van der Waals surface area contributed by atoms with Crippen LogP contribution in [0.3, 0.4) is 0 Å². The van der Waals surface area contributed by atoms with Gasteiger partial charge in [0, 0.05) is 17.3 Å². The van der Waals surface area contributed by atoms with E-state index in [0.717, 1.165) is 58.9 Å². The van der Waals surface area contributed by atoms with Gasteiger partial charge in [-0.2, -0.15) is 9.61 Å². The lowest BCUT2D eigenvalue weighted by atomic mass is 10.1. The fraction of sp³-hybridized carbons (Fsp3) is 0.280. The van der Waals surface area contributed by atoms with Crippen LogP contribution >= 0.6 is 15.9 Å². The zero-order valence-electron chi connectivity index (χ0n) is 18.6. The number of hydrogen-bond donors (Lipinski definition) is 2. The highest BCUT2D eigenvalue weighted by molar-refractivity contribution is 9.10. The maximum atomic E-state index is 4.79. The molecule has 32 heavy (non-hydrogen) atoms. The van der Waals surface area contributed by atoms with E-state index in [9.17, 15) is 0 Å². The van der Waals surface area contributed by atoms with Gasteiger partial charge < -0.3 is 15.5 Å². The summed E-state index contributed by atoms with van der Waals surface area (Å²) in [5.41, 5.74) is 5.09. The number of anilines is 2. The van der Waals surface area contributed by atoms with Crippen molar-refractivity contribution >= 4 is 33.1 Å². The summed E-state index contributed by atoms with van der Waals surface area (Å²) in [5, 5.41) is 11.5. The molecule has 4 aromatic rings. The monoisotopic (exact) mass is 492 g/mol. The molecule has 7 heteroatoms. The van der Waals surface area contributed by atoms with Crippen LogP contribution in [0.15, 0.2) is 71.3 Å². The first-order valence-corrected chi connectivity index (χ1v) is 11.7. The smallest absolute Gasteiger partial charge is 0.172 e. The minimum absolute atomic E-state index is 0.783. The first kappa shape index (κ1) is 22.5. The van der Waals surface area contributed by atoms with Crippen LogP contribution in [-0.4, -0.2) is 53.2 Å². The molecule has 0 aliphatic rings. The van der Waals surface area contributed by atoms with E-state index in [1.807, 2.05) is 28.8 Å². The topological polar surface area (TPSA) is 57.5 Å². The van der Waals surface area contributed by atoms with Crippen LogP contribution < -0.4 is 10.6 Å². The van der Waals surface area contributed by atoms with Gasteiger partial charge in [0.2, 0.25) is 0 Å². The molecule has 0 unspecified atom stereocenters. The maximum Gasteiger partial charge on any atom is 0.172 e. The maximum absolute atomic E-state index is 4.79. The Balaban J connectivity index is 1.44. The molecule has 0 bridgehead atoms. The molecule has 0 atom stereocenters. The van der Waals surface area contributed by atoms with E-state index in [4.69, 9.17) is 4.98 Å². The van der Waals surface area contributed by atoms with Gasteiger partial charge >= 0.3 is 0 Å². The van der Waals surface area contributed by atoms with Crippen LogP contribution in [0.5, 0.6) is 0 Å². The van der Waals surface area contributed by atoms with E-state index >= 15 is 0 Å². The van der Waals surface area contributed by atoms with E-state index in [2.05, 4.69) is 87.1 Å². The summed E-state index contributed by atoms with van der Waals surface area (Å²) in [6.07, 6.45) is 3.97. The molecule has 0 saturated heterocycles. The van der Waals surface area contributed by atoms with Crippen molar-refractivity contribution in [3.8, 4) is 11.3 Å². The molecule has 0 aliphatic carbocycles. The normalized spacial score (nSPS) is 11.4. The van der Waals surface area contributed by atoms with E-state index in [1.54, 1.807) is 6.20 Å². The molecule has 166 valence electrons. The highest BCUT2D eigenvalue weighted by Gasteiger charge is 2.11. The molecule has 4 rings (SSSR count). The highest BCUT2D eigenvalue weighted by Crippen LogP contribution is 2.27. The standard InChI is InChI=1S/C25H29BrN6/c1-31(2)16-6-14-27-15-13-19-9-11-21(12-10-19)29-24-17-23(20-7-4-3-5-8-20)30-25-22(26)18-28-32(24)25/h3-5,7-12,17-18,27,29H,6,13-16H2,1-2H3. The Morgan fingerprint density at radius 3 is 2.53 bits per heavy atom. The average molecular weight is 493 g/mol. The fourth-order valence-corrected chi connectivity index (χ4v) is 3.91. The molecule has 0 fully saturated rings. The number of fused-ring (bicyclic) bond motifs is 1. The summed E-state index contributed by atoms with van der Waals surface area (Å²) in [6, 6.07) is 20.8. The van der Waals surface area contributed by atoms with Crippen LogP contribution in [0.2, 0.25) is 0 Å². The van der Waals surface area contributed by atoms with Crippen molar-refractivity contribution in [2.75, 3.05) is 39.0 Å². The van der Waals surface area contributed by atoms with Gasteiger partial charge in [-0.25, -0.2) is 4.98 Å². The second-order valence-electron chi connectivity index (χ2n) is 8.10. The molecule has 0 aliphatic heterocycles. The molecule has 2 heterocycles. The lowest BCUT2D eigenvalue weighted by molar-refractivity contribution is 0.395. The Hall–Kier alpha value is -2.74. The van der Waals surface area contributed by atoms with Gasteiger partial charge in [0.1, 0.15) is 5.82 Å². The molecular formula is C25H29BrN6. The van der Waals surface area contributed by atoms with E-state index in [0.29, 0.717) is 0 Å². The third-order valence-electron chi connectivity index (χ3n) is 5.27. The summed E-state index contributed by atoms with van der Waals surface area (Å²) >= 11 is 3.57. The number of rotatable bonds is 10. The Kier molecular flexibility index (Phi) is 7.52. The van der Waals surface area contributed by atoms with Crippen LogP contribution in [0.1, 0.15) is 12.0 Å². The minimum atomic E-state index is 0.783.